The lowest BCUT2D eigenvalue weighted by molar-refractivity contribution is 0.602. The van der Waals surface area contributed by atoms with E-state index in [1.807, 2.05) is 30.3 Å². The van der Waals surface area contributed by atoms with E-state index in [0.717, 1.165) is 22.0 Å². The van der Waals surface area contributed by atoms with Gasteiger partial charge < -0.3 is 5.32 Å². The van der Waals surface area contributed by atoms with Crippen LogP contribution in [-0.2, 0) is 9.84 Å². The van der Waals surface area contributed by atoms with Gasteiger partial charge in [-0.3, -0.25) is 0 Å². The fraction of sp³-hybridized carbons (Fsp3) is 0.0476. The van der Waals surface area contributed by atoms with E-state index in [1.54, 1.807) is 36.5 Å². The second-order valence-electron chi connectivity index (χ2n) is 6.21. The summed E-state index contributed by atoms with van der Waals surface area (Å²) in [6.07, 6.45) is 2.87. The van der Waals surface area contributed by atoms with E-state index in [4.69, 9.17) is 0 Å². The quantitative estimate of drug-likeness (QED) is 0.571. The van der Waals surface area contributed by atoms with E-state index in [-0.39, 0.29) is 4.90 Å². The van der Waals surface area contributed by atoms with Crippen LogP contribution in [0.2, 0.25) is 0 Å². The molecule has 0 atom stereocenters. The Labute approximate surface area is 157 Å². The maximum absolute atomic E-state index is 11.6. The number of sulfone groups is 1. The summed E-state index contributed by atoms with van der Waals surface area (Å²) in [5, 5.41) is 5.50. The van der Waals surface area contributed by atoms with Crippen LogP contribution in [0.5, 0.6) is 0 Å². The summed E-state index contributed by atoms with van der Waals surface area (Å²) in [5.74, 6) is 0.482. The standard InChI is InChI=1S/C21H17N3O2S/c1-27(25,26)17-11-9-16(10-12-17)19-13-14-22-21(23-19)24-20-8-4-6-15-5-2-3-7-18(15)20/h2-14H,1H3,(H,22,23,24). The van der Waals surface area contributed by atoms with Crippen LogP contribution < -0.4 is 5.32 Å². The fourth-order valence-electron chi connectivity index (χ4n) is 2.91. The van der Waals surface area contributed by atoms with Gasteiger partial charge in [0.25, 0.3) is 0 Å². The smallest absolute Gasteiger partial charge is 0.227 e. The zero-order valence-corrected chi connectivity index (χ0v) is 15.4. The molecule has 134 valence electrons. The van der Waals surface area contributed by atoms with Crippen molar-refractivity contribution in [2.24, 2.45) is 0 Å². The van der Waals surface area contributed by atoms with E-state index in [2.05, 4.69) is 27.4 Å². The van der Waals surface area contributed by atoms with Gasteiger partial charge in [0.1, 0.15) is 0 Å². The van der Waals surface area contributed by atoms with Crippen molar-refractivity contribution in [1.29, 1.82) is 0 Å². The Balaban J connectivity index is 1.66. The van der Waals surface area contributed by atoms with Crippen LogP contribution in [0.3, 0.4) is 0 Å². The molecule has 0 saturated carbocycles. The largest absolute Gasteiger partial charge is 0.324 e. The average Bonchev–Trinajstić information content (AvgIpc) is 2.68. The minimum absolute atomic E-state index is 0.286. The van der Waals surface area contributed by atoms with E-state index in [1.165, 1.54) is 6.26 Å². The SMILES string of the molecule is CS(=O)(=O)c1ccc(-c2ccnc(Nc3cccc4ccccc34)n2)cc1. The van der Waals surface area contributed by atoms with Crippen molar-refractivity contribution in [3.8, 4) is 11.3 Å². The Morgan fingerprint density at radius 3 is 2.37 bits per heavy atom. The fourth-order valence-corrected chi connectivity index (χ4v) is 3.54. The molecule has 0 spiro atoms. The van der Waals surface area contributed by atoms with Gasteiger partial charge in [0, 0.05) is 29.1 Å². The third kappa shape index (κ3) is 3.66. The zero-order valence-electron chi connectivity index (χ0n) is 14.6. The topological polar surface area (TPSA) is 72.0 Å². The Kier molecular flexibility index (Phi) is 4.33. The molecule has 0 saturated heterocycles. The maximum atomic E-state index is 11.6. The van der Waals surface area contributed by atoms with E-state index >= 15 is 0 Å². The first-order valence-electron chi connectivity index (χ1n) is 8.39. The van der Waals surface area contributed by atoms with Crippen LogP contribution in [-0.4, -0.2) is 24.6 Å². The molecular weight excluding hydrogens is 358 g/mol. The maximum Gasteiger partial charge on any atom is 0.227 e. The lowest BCUT2D eigenvalue weighted by Gasteiger charge is -2.09. The monoisotopic (exact) mass is 375 g/mol. The summed E-state index contributed by atoms with van der Waals surface area (Å²) < 4.78 is 23.2. The van der Waals surface area contributed by atoms with E-state index in [9.17, 15) is 8.42 Å². The first-order chi connectivity index (χ1) is 13.0. The molecule has 0 radical (unpaired) electrons. The van der Waals surface area contributed by atoms with Crippen LogP contribution in [0.25, 0.3) is 22.0 Å². The normalized spacial score (nSPS) is 11.4. The molecule has 0 bridgehead atoms. The van der Waals surface area contributed by atoms with Crippen LogP contribution in [0.15, 0.2) is 83.9 Å². The molecule has 4 aromatic rings. The van der Waals surface area contributed by atoms with Gasteiger partial charge in [-0.15, -0.1) is 0 Å². The summed E-state index contributed by atoms with van der Waals surface area (Å²) in [6, 6.07) is 22.6. The molecule has 1 N–H and O–H groups in total. The summed E-state index contributed by atoms with van der Waals surface area (Å²) in [7, 11) is -3.22. The summed E-state index contributed by atoms with van der Waals surface area (Å²) in [6.45, 7) is 0. The minimum atomic E-state index is -3.22. The minimum Gasteiger partial charge on any atom is -0.324 e. The molecule has 4 rings (SSSR count). The summed E-state index contributed by atoms with van der Waals surface area (Å²) >= 11 is 0. The molecule has 0 aliphatic rings. The summed E-state index contributed by atoms with van der Waals surface area (Å²) in [5.41, 5.74) is 2.47. The molecule has 0 aliphatic heterocycles. The van der Waals surface area contributed by atoms with Gasteiger partial charge in [0.05, 0.1) is 10.6 Å². The van der Waals surface area contributed by atoms with Crippen molar-refractivity contribution in [2.75, 3.05) is 11.6 Å². The lowest BCUT2D eigenvalue weighted by Crippen LogP contribution is -1.99. The molecular formula is C21H17N3O2S. The lowest BCUT2D eigenvalue weighted by atomic mass is 10.1. The van der Waals surface area contributed by atoms with Gasteiger partial charge in [-0.1, -0.05) is 48.5 Å². The third-order valence-corrected chi connectivity index (χ3v) is 5.40. The number of hydrogen-bond donors (Lipinski definition) is 1. The first-order valence-corrected chi connectivity index (χ1v) is 10.3. The van der Waals surface area contributed by atoms with Crippen LogP contribution in [0.4, 0.5) is 11.6 Å². The number of nitrogens with zero attached hydrogens (tertiary/aromatic N) is 2. The Morgan fingerprint density at radius 1 is 0.852 bits per heavy atom. The predicted octanol–water partition coefficient (Wildman–Crippen LogP) is 4.44. The number of anilines is 2. The van der Waals surface area contributed by atoms with E-state index in [0.29, 0.717) is 11.6 Å². The van der Waals surface area contributed by atoms with Crippen molar-refractivity contribution < 1.29 is 8.42 Å². The molecule has 6 heteroatoms. The first kappa shape index (κ1) is 17.2. The van der Waals surface area contributed by atoms with Gasteiger partial charge in [0.2, 0.25) is 5.95 Å². The third-order valence-electron chi connectivity index (χ3n) is 4.27. The number of aromatic nitrogens is 2. The van der Waals surface area contributed by atoms with Gasteiger partial charge >= 0.3 is 0 Å². The predicted molar refractivity (Wildman–Crippen MR) is 108 cm³/mol. The molecule has 0 amide bonds. The van der Waals surface area contributed by atoms with Crippen molar-refractivity contribution in [1.82, 2.24) is 9.97 Å². The van der Waals surface area contributed by atoms with Crippen LogP contribution >= 0.6 is 0 Å². The Morgan fingerprint density at radius 2 is 1.59 bits per heavy atom. The second-order valence-corrected chi connectivity index (χ2v) is 8.23. The number of nitrogens with one attached hydrogen (secondary N) is 1. The van der Waals surface area contributed by atoms with Crippen LogP contribution in [0.1, 0.15) is 0 Å². The van der Waals surface area contributed by atoms with Crippen molar-refractivity contribution in [3.05, 3.63) is 79.0 Å². The van der Waals surface area contributed by atoms with Gasteiger partial charge in [0.15, 0.2) is 9.84 Å². The highest BCUT2D eigenvalue weighted by Crippen LogP contribution is 2.26. The second kappa shape index (κ2) is 6.81. The van der Waals surface area contributed by atoms with Crippen molar-refractivity contribution in [3.63, 3.8) is 0 Å². The Hall–Kier alpha value is -3.25. The highest BCUT2D eigenvalue weighted by molar-refractivity contribution is 7.90. The molecule has 0 unspecified atom stereocenters. The van der Waals surface area contributed by atoms with Crippen molar-refractivity contribution in [2.45, 2.75) is 4.90 Å². The molecule has 27 heavy (non-hydrogen) atoms. The highest BCUT2D eigenvalue weighted by Gasteiger charge is 2.09. The molecule has 1 aromatic heterocycles. The van der Waals surface area contributed by atoms with Gasteiger partial charge in [-0.2, -0.15) is 0 Å². The number of rotatable bonds is 4. The average molecular weight is 375 g/mol. The van der Waals surface area contributed by atoms with Crippen LogP contribution in [0, 0.1) is 0 Å². The molecule has 0 fully saturated rings. The number of hydrogen-bond acceptors (Lipinski definition) is 5. The highest BCUT2D eigenvalue weighted by atomic mass is 32.2. The van der Waals surface area contributed by atoms with Crippen molar-refractivity contribution >= 4 is 32.2 Å². The van der Waals surface area contributed by atoms with E-state index < -0.39 is 9.84 Å². The molecule has 1 heterocycles. The number of fused-ring (bicyclic) bond motifs is 1. The Bertz CT molecular complexity index is 1210. The molecule has 5 nitrogen and oxygen atoms in total. The number of benzene rings is 3. The van der Waals surface area contributed by atoms with Gasteiger partial charge in [-0.05, 0) is 29.7 Å². The molecule has 3 aromatic carbocycles. The molecule has 0 aliphatic carbocycles. The summed E-state index contributed by atoms with van der Waals surface area (Å²) in [4.78, 5) is 9.16. The zero-order chi connectivity index (χ0) is 18.9. The van der Waals surface area contributed by atoms with Gasteiger partial charge in [-0.25, -0.2) is 18.4 Å².